The van der Waals surface area contributed by atoms with Gasteiger partial charge in [-0.2, -0.15) is 0 Å². The second kappa shape index (κ2) is 7.47. The van der Waals surface area contributed by atoms with E-state index in [9.17, 15) is 14.7 Å². The van der Waals surface area contributed by atoms with Gasteiger partial charge in [0.1, 0.15) is 0 Å². The first-order chi connectivity index (χ1) is 9.43. The van der Waals surface area contributed by atoms with E-state index in [-0.39, 0.29) is 12.5 Å². The van der Waals surface area contributed by atoms with Crippen molar-refractivity contribution in [3.63, 3.8) is 0 Å². The highest BCUT2D eigenvalue weighted by atomic mass is 16.5. The Morgan fingerprint density at radius 3 is 2.30 bits per heavy atom. The molecular weight excluding hydrogens is 260 g/mol. The number of hydrogen-bond acceptors (Lipinski definition) is 3. The fraction of sp³-hybridized carbons (Fsp3) is 0.857. The fourth-order valence-electron chi connectivity index (χ4n) is 2.90. The molecule has 6 heteroatoms. The summed E-state index contributed by atoms with van der Waals surface area (Å²) in [6.07, 6.45) is 4.62. The summed E-state index contributed by atoms with van der Waals surface area (Å²) in [5, 5.41) is 9.17. The quantitative estimate of drug-likeness (QED) is 0.808. The molecule has 1 saturated carbocycles. The predicted octanol–water partition coefficient (Wildman–Crippen LogP) is 1.79. The minimum Gasteiger partial charge on any atom is -0.481 e. The number of ether oxygens (including phenoxy) is 1. The Hall–Kier alpha value is -1.30. The molecule has 0 atom stereocenters. The maximum Gasteiger partial charge on any atom is 0.320 e. The van der Waals surface area contributed by atoms with E-state index in [1.165, 1.54) is 0 Å². The third kappa shape index (κ3) is 4.10. The van der Waals surface area contributed by atoms with Crippen molar-refractivity contribution in [2.45, 2.75) is 44.1 Å². The minimum atomic E-state index is -0.842. The van der Waals surface area contributed by atoms with Gasteiger partial charge in [0.2, 0.25) is 0 Å². The minimum absolute atomic E-state index is 0.0212. The van der Waals surface area contributed by atoms with Crippen LogP contribution in [-0.2, 0) is 9.53 Å². The van der Waals surface area contributed by atoms with Crippen LogP contribution in [0.5, 0.6) is 0 Å². The smallest absolute Gasteiger partial charge is 0.320 e. The van der Waals surface area contributed by atoms with Crippen LogP contribution in [0.1, 0.15) is 38.5 Å². The summed E-state index contributed by atoms with van der Waals surface area (Å²) >= 11 is 0. The number of methoxy groups -OCH3 is 1. The number of urea groups is 1. The predicted molar refractivity (Wildman–Crippen MR) is 75.7 cm³/mol. The van der Waals surface area contributed by atoms with Crippen LogP contribution >= 0.6 is 0 Å². The summed E-state index contributed by atoms with van der Waals surface area (Å²) in [6.45, 7) is 0.977. The third-order valence-electron chi connectivity index (χ3n) is 4.22. The Labute approximate surface area is 120 Å². The molecule has 1 aliphatic carbocycles. The van der Waals surface area contributed by atoms with Crippen LogP contribution in [0.2, 0.25) is 0 Å². The van der Waals surface area contributed by atoms with Gasteiger partial charge in [0.25, 0.3) is 0 Å². The Kier molecular flexibility index (Phi) is 6.26. The van der Waals surface area contributed by atoms with Gasteiger partial charge in [-0.1, -0.05) is 19.3 Å². The van der Waals surface area contributed by atoms with Gasteiger partial charge < -0.3 is 19.6 Å². The Balaban J connectivity index is 2.78. The molecule has 1 aliphatic rings. The number of carboxylic acid groups (broad SMARTS) is 1. The molecule has 0 saturated heterocycles. The zero-order valence-corrected chi connectivity index (χ0v) is 12.7. The van der Waals surface area contributed by atoms with Crippen molar-refractivity contribution in [1.82, 2.24) is 9.80 Å². The van der Waals surface area contributed by atoms with Crippen molar-refractivity contribution in [3.8, 4) is 0 Å². The molecule has 1 N–H and O–H groups in total. The highest BCUT2D eigenvalue weighted by Gasteiger charge is 2.41. The number of carbonyl (C=O) groups excluding carboxylic acids is 1. The van der Waals surface area contributed by atoms with Crippen molar-refractivity contribution in [2.75, 3.05) is 34.4 Å². The number of likely N-dealkylation sites (N-methyl/N-ethyl adjacent to an activating group) is 1. The number of nitrogens with zero attached hydrogens (tertiary/aromatic N) is 2. The zero-order chi connectivity index (χ0) is 15.2. The van der Waals surface area contributed by atoms with E-state index in [0.717, 1.165) is 32.1 Å². The molecule has 1 fully saturated rings. The summed E-state index contributed by atoms with van der Waals surface area (Å²) < 4.78 is 4.97. The number of hydrogen-bond donors (Lipinski definition) is 1. The molecule has 2 amide bonds. The van der Waals surface area contributed by atoms with E-state index in [4.69, 9.17) is 4.74 Å². The van der Waals surface area contributed by atoms with Gasteiger partial charge in [0.15, 0.2) is 0 Å². The Bertz CT molecular complexity index is 340. The number of rotatable bonds is 6. The van der Waals surface area contributed by atoms with Crippen molar-refractivity contribution >= 4 is 12.0 Å². The van der Waals surface area contributed by atoms with Crippen molar-refractivity contribution in [1.29, 1.82) is 0 Å². The van der Waals surface area contributed by atoms with Gasteiger partial charge in [-0.05, 0) is 12.8 Å². The molecule has 6 nitrogen and oxygen atoms in total. The van der Waals surface area contributed by atoms with E-state index >= 15 is 0 Å². The van der Waals surface area contributed by atoms with Crippen LogP contribution < -0.4 is 0 Å². The molecule has 0 unspecified atom stereocenters. The lowest BCUT2D eigenvalue weighted by Gasteiger charge is -2.45. The van der Waals surface area contributed by atoms with Crippen LogP contribution in [-0.4, -0.2) is 66.8 Å². The van der Waals surface area contributed by atoms with Gasteiger partial charge in [-0.25, -0.2) is 4.79 Å². The molecule has 0 aliphatic heterocycles. The SMILES string of the molecule is COCCN(C)C(=O)N(C)C1(CC(=O)O)CCCCC1. The van der Waals surface area contributed by atoms with Gasteiger partial charge in [0, 0.05) is 27.7 Å². The van der Waals surface area contributed by atoms with Crippen LogP contribution in [0.4, 0.5) is 4.79 Å². The Morgan fingerprint density at radius 2 is 1.80 bits per heavy atom. The highest BCUT2D eigenvalue weighted by molar-refractivity contribution is 5.76. The number of amides is 2. The van der Waals surface area contributed by atoms with Gasteiger partial charge in [-0.15, -0.1) is 0 Å². The van der Waals surface area contributed by atoms with E-state index in [0.29, 0.717) is 13.2 Å². The summed E-state index contributed by atoms with van der Waals surface area (Å²) in [5.41, 5.74) is -0.539. The highest BCUT2D eigenvalue weighted by Crippen LogP contribution is 2.36. The average molecular weight is 286 g/mol. The molecule has 1 rings (SSSR count). The third-order valence-corrected chi connectivity index (χ3v) is 4.22. The maximum absolute atomic E-state index is 12.4. The topological polar surface area (TPSA) is 70.1 Å². The second-order valence-electron chi connectivity index (χ2n) is 5.61. The number of carbonyl (C=O) groups is 2. The number of aliphatic carboxylic acids is 1. The molecule has 0 radical (unpaired) electrons. The molecule has 0 spiro atoms. The molecule has 0 aromatic heterocycles. The van der Waals surface area contributed by atoms with Crippen molar-refractivity contribution < 1.29 is 19.4 Å². The second-order valence-corrected chi connectivity index (χ2v) is 5.61. The van der Waals surface area contributed by atoms with Gasteiger partial charge >= 0.3 is 12.0 Å². The van der Waals surface area contributed by atoms with Crippen molar-refractivity contribution in [2.24, 2.45) is 0 Å². The number of carboxylic acids is 1. The van der Waals surface area contributed by atoms with E-state index < -0.39 is 11.5 Å². The molecule has 20 heavy (non-hydrogen) atoms. The molecular formula is C14H26N2O4. The fourth-order valence-corrected chi connectivity index (χ4v) is 2.90. The Morgan fingerprint density at radius 1 is 1.20 bits per heavy atom. The van der Waals surface area contributed by atoms with Crippen LogP contribution in [0, 0.1) is 0 Å². The first-order valence-electron chi connectivity index (χ1n) is 7.12. The summed E-state index contributed by atoms with van der Waals surface area (Å²) in [7, 11) is 5.03. The van der Waals surface area contributed by atoms with Gasteiger partial charge in [-0.3, -0.25) is 4.79 Å². The van der Waals surface area contributed by atoms with E-state index in [2.05, 4.69) is 0 Å². The monoisotopic (exact) mass is 286 g/mol. The lowest BCUT2D eigenvalue weighted by atomic mass is 9.78. The molecule has 116 valence electrons. The normalized spacial score (nSPS) is 17.6. The lowest BCUT2D eigenvalue weighted by molar-refractivity contribution is -0.140. The van der Waals surface area contributed by atoms with E-state index in [1.54, 1.807) is 31.0 Å². The first kappa shape index (κ1) is 16.8. The van der Waals surface area contributed by atoms with E-state index in [1.807, 2.05) is 0 Å². The standard InChI is InChI=1S/C14H26N2O4/c1-15(9-10-20-3)13(19)16(2)14(11-12(17)18)7-5-4-6-8-14/h4-11H2,1-3H3,(H,17,18). The summed E-state index contributed by atoms with van der Waals surface area (Å²) in [6, 6.07) is -0.134. The van der Waals surface area contributed by atoms with Gasteiger partial charge in [0.05, 0.1) is 18.6 Å². The van der Waals surface area contributed by atoms with Crippen LogP contribution in [0.25, 0.3) is 0 Å². The molecule has 0 aromatic carbocycles. The summed E-state index contributed by atoms with van der Waals surface area (Å²) in [5.74, 6) is -0.842. The largest absolute Gasteiger partial charge is 0.481 e. The molecule has 0 aromatic rings. The van der Waals surface area contributed by atoms with Crippen LogP contribution in [0.3, 0.4) is 0 Å². The average Bonchev–Trinajstić information content (AvgIpc) is 2.43. The first-order valence-corrected chi connectivity index (χ1v) is 7.12. The lowest BCUT2D eigenvalue weighted by Crippen LogP contribution is -2.55. The van der Waals surface area contributed by atoms with Crippen molar-refractivity contribution in [3.05, 3.63) is 0 Å². The molecule has 0 bridgehead atoms. The maximum atomic E-state index is 12.4. The molecule has 0 heterocycles. The summed E-state index contributed by atoms with van der Waals surface area (Å²) in [4.78, 5) is 26.8. The zero-order valence-electron chi connectivity index (χ0n) is 12.7. The van der Waals surface area contributed by atoms with Crippen LogP contribution in [0.15, 0.2) is 0 Å².